The van der Waals surface area contributed by atoms with Crippen LogP contribution in [0.5, 0.6) is 0 Å². The highest BCUT2D eigenvalue weighted by molar-refractivity contribution is 5.85. The van der Waals surface area contributed by atoms with Crippen LogP contribution in [-0.2, 0) is 4.79 Å². The minimum atomic E-state index is 0. The lowest BCUT2D eigenvalue weighted by molar-refractivity contribution is -0.134. The Labute approximate surface area is 150 Å². The second kappa shape index (κ2) is 8.00. The fraction of sp³-hybridized carbons (Fsp3) is 0.450. The van der Waals surface area contributed by atoms with E-state index in [2.05, 4.69) is 54.3 Å². The number of amides is 1. The molecule has 0 aliphatic heterocycles. The topological polar surface area (TPSA) is 46.3 Å². The van der Waals surface area contributed by atoms with Crippen molar-refractivity contribution in [3.05, 3.63) is 48.0 Å². The van der Waals surface area contributed by atoms with Crippen molar-refractivity contribution in [3.8, 4) is 0 Å². The lowest BCUT2D eigenvalue weighted by atomic mass is 10.0. The Morgan fingerprint density at radius 2 is 1.83 bits per heavy atom. The molecular formula is C20H27ClN2O. The first-order valence-corrected chi connectivity index (χ1v) is 8.61. The molecular weight excluding hydrogens is 320 g/mol. The Balaban J connectivity index is 0.00000208. The zero-order valence-corrected chi connectivity index (χ0v) is 15.3. The van der Waals surface area contributed by atoms with Crippen LogP contribution in [0.15, 0.2) is 42.5 Å². The molecule has 1 aliphatic rings. The molecule has 1 saturated carbocycles. The molecule has 3 nitrogen and oxygen atoms in total. The highest BCUT2D eigenvalue weighted by Gasteiger charge is 2.35. The molecule has 1 amide bonds. The average molecular weight is 347 g/mol. The summed E-state index contributed by atoms with van der Waals surface area (Å²) in [5.74, 6) is 0.241. The molecule has 24 heavy (non-hydrogen) atoms. The predicted octanol–water partition coefficient (Wildman–Crippen LogP) is 4.44. The largest absolute Gasteiger partial charge is 0.333 e. The van der Waals surface area contributed by atoms with Gasteiger partial charge < -0.3 is 10.6 Å². The second-order valence-corrected chi connectivity index (χ2v) is 6.83. The first-order valence-electron chi connectivity index (χ1n) is 8.61. The van der Waals surface area contributed by atoms with Crippen molar-refractivity contribution in [1.82, 2.24) is 4.90 Å². The van der Waals surface area contributed by atoms with E-state index in [1.54, 1.807) is 0 Å². The van der Waals surface area contributed by atoms with E-state index in [0.29, 0.717) is 12.5 Å². The van der Waals surface area contributed by atoms with Crippen molar-refractivity contribution >= 4 is 29.1 Å². The highest BCUT2D eigenvalue weighted by Crippen LogP contribution is 2.35. The van der Waals surface area contributed by atoms with Crippen molar-refractivity contribution < 1.29 is 4.79 Å². The molecule has 1 fully saturated rings. The van der Waals surface area contributed by atoms with Crippen molar-refractivity contribution in [3.63, 3.8) is 0 Å². The first kappa shape index (κ1) is 18.8. The Morgan fingerprint density at radius 3 is 2.46 bits per heavy atom. The zero-order chi connectivity index (χ0) is 16.4. The van der Waals surface area contributed by atoms with E-state index in [0.717, 1.165) is 19.3 Å². The monoisotopic (exact) mass is 346 g/mol. The number of fused-ring (bicyclic) bond motifs is 1. The predicted molar refractivity (Wildman–Crippen MR) is 102 cm³/mol. The van der Waals surface area contributed by atoms with Crippen molar-refractivity contribution in [2.24, 2.45) is 5.73 Å². The summed E-state index contributed by atoms with van der Waals surface area (Å²) in [5, 5.41) is 2.47. The maximum absolute atomic E-state index is 12.7. The fourth-order valence-electron chi connectivity index (χ4n) is 3.20. The van der Waals surface area contributed by atoms with Gasteiger partial charge in [-0.1, -0.05) is 36.4 Å². The molecule has 130 valence electrons. The number of hydrogen-bond acceptors (Lipinski definition) is 2. The van der Waals surface area contributed by atoms with E-state index >= 15 is 0 Å². The van der Waals surface area contributed by atoms with Crippen LogP contribution in [0.25, 0.3) is 10.8 Å². The average Bonchev–Trinajstić information content (AvgIpc) is 3.37. The summed E-state index contributed by atoms with van der Waals surface area (Å²) >= 11 is 0. The van der Waals surface area contributed by atoms with E-state index in [1.165, 1.54) is 16.3 Å². The molecule has 2 unspecified atom stereocenters. The molecule has 3 rings (SSSR count). The van der Waals surface area contributed by atoms with Gasteiger partial charge in [0.1, 0.15) is 0 Å². The summed E-state index contributed by atoms with van der Waals surface area (Å²) in [4.78, 5) is 14.8. The van der Waals surface area contributed by atoms with E-state index in [-0.39, 0.29) is 30.4 Å². The molecule has 0 spiro atoms. The van der Waals surface area contributed by atoms with Gasteiger partial charge in [0.05, 0.1) is 6.04 Å². The molecule has 0 radical (unpaired) electrons. The van der Waals surface area contributed by atoms with Gasteiger partial charge in [0, 0.05) is 18.5 Å². The third kappa shape index (κ3) is 4.28. The number of halogens is 1. The number of nitrogens with zero attached hydrogens (tertiary/aromatic N) is 1. The van der Waals surface area contributed by atoms with Crippen molar-refractivity contribution in [1.29, 1.82) is 0 Å². The van der Waals surface area contributed by atoms with Crippen molar-refractivity contribution in [2.75, 3.05) is 0 Å². The summed E-state index contributed by atoms with van der Waals surface area (Å²) in [6.07, 6.45) is 3.56. The van der Waals surface area contributed by atoms with Gasteiger partial charge in [-0.05, 0) is 55.5 Å². The molecule has 2 atom stereocenters. The van der Waals surface area contributed by atoms with Crippen LogP contribution in [0.2, 0.25) is 0 Å². The summed E-state index contributed by atoms with van der Waals surface area (Å²) in [6.45, 7) is 4.10. The number of nitrogens with two attached hydrogens (primary N) is 1. The Hall–Kier alpha value is -1.58. The van der Waals surface area contributed by atoms with Crippen LogP contribution < -0.4 is 5.73 Å². The zero-order valence-electron chi connectivity index (χ0n) is 14.4. The van der Waals surface area contributed by atoms with Crippen LogP contribution in [0.4, 0.5) is 0 Å². The first-order chi connectivity index (χ1) is 11.1. The maximum atomic E-state index is 12.7. The quantitative estimate of drug-likeness (QED) is 0.840. The van der Waals surface area contributed by atoms with Crippen molar-refractivity contribution in [2.45, 2.75) is 57.7 Å². The molecule has 0 heterocycles. The smallest absolute Gasteiger partial charge is 0.223 e. The van der Waals surface area contributed by atoms with Gasteiger partial charge in [-0.2, -0.15) is 0 Å². The third-order valence-electron chi connectivity index (χ3n) is 4.71. The van der Waals surface area contributed by atoms with Gasteiger partial charge >= 0.3 is 0 Å². The number of carbonyl (C=O) groups excluding carboxylic acids is 1. The molecule has 2 N–H and O–H groups in total. The van der Waals surface area contributed by atoms with Crippen LogP contribution >= 0.6 is 12.4 Å². The van der Waals surface area contributed by atoms with Gasteiger partial charge in [-0.3, -0.25) is 4.79 Å². The second-order valence-electron chi connectivity index (χ2n) is 6.83. The van der Waals surface area contributed by atoms with E-state index in [9.17, 15) is 4.79 Å². The summed E-state index contributed by atoms with van der Waals surface area (Å²) < 4.78 is 0. The maximum Gasteiger partial charge on any atom is 0.223 e. The fourth-order valence-corrected chi connectivity index (χ4v) is 3.20. The number of benzene rings is 2. The Bertz CT molecular complexity index is 697. The van der Waals surface area contributed by atoms with Gasteiger partial charge in [-0.15, -0.1) is 12.4 Å². The lowest BCUT2D eigenvalue weighted by Crippen LogP contribution is -2.36. The molecule has 4 heteroatoms. The van der Waals surface area contributed by atoms with Crippen LogP contribution in [0.1, 0.15) is 51.1 Å². The number of hydrogen-bond donors (Lipinski definition) is 1. The number of carbonyl (C=O) groups is 1. The molecule has 1 aliphatic carbocycles. The van der Waals surface area contributed by atoms with Gasteiger partial charge in [0.25, 0.3) is 0 Å². The van der Waals surface area contributed by atoms with Crippen LogP contribution in [-0.4, -0.2) is 22.9 Å². The molecule has 2 aromatic carbocycles. The molecule has 2 aromatic rings. The SMILES string of the molecule is CC(N)CCC(=O)N(C1CC1)C(C)c1ccc2ccccc2c1.Cl. The normalized spacial score (nSPS) is 16.3. The molecule has 0 aromatic heterocycles. The van der Waals surface area contributed by atoms with Crippen LogP contribution in [0.3, 0.4) is 0 Å². The summed E-state index contributed by atoms with van der Waals surface area (Å²) in [7, 11) is 0. The Morgan fingerprint density at radius 1 is 1.17 bits per heavy atom. The number of rotatable bonds is 6. The standard InChI is InChI=1S/C20H26N2O.ClH/c1-14(21)7-12-20(23)22(19-10-11-19)15(2)17-9-8-16-5-3-4-6-18(16)13-17;/h3-6,8-9,13-15,19H,7,10-12,21H2,1-2H3;1H. The van der Waals surface area contributed by atoms with Crippen LogP contribution in [0, 0.1) is 0 Å². The lowest BCUT2D eigenvalue weighted by Gasteiger charge is -2.30. The molecule has 0 saturated heterocycles. The minimum Gasteiger partial charge on any atom is -0.333 e. The minimum absolute atomic E-state index is 0. The van der Waals surface area contributed by atoms with Gasteiger partial charge in [0.2, 0.25) is 5.91 Å². The van der Waals surface area contributed by atoms with E-state index in [1.807, 2.05) is 6.92 Å². The van der Waals surface area contributed by atoms with Gasteiger partial charge in [0.15, 0.2) is 0 Å². The highest BCUT2D eigenvalue weighted by atomic mass is 35.5. The van der Waals surface area contributed by atoms with E-state index < -0.39 is 0 Å². The Kier molecular flexibility index (Phi) is 6.25. The summed E-state index contributed by atoms with van der Waals surface area (Å²) in [6, 6.07) is 15.5. The third-order valence-corrected chi connectivity index (χ3v) is 4.71. The molecule has 0 bridgehead atoms. The van der Waals surface area contributed by atoms with Gasteiger partial charge in [-0.25, -0.2) is 0 Å². The summed E-state index contributed by atoms with van der Waals surface area (Å²) in [5.41, 5.74) is 7.02. The van der Waals surface area contributed by atoms with E-state index in [4.69, 9.17) is 5.73 Å².